The smallest absolute Gasteiger partial charge is 0.118 e. The average Bonchev–Trinajstić information content (AvgIpc) is 3.63. The molecule has 8 rings (SSSR count). The first-order chi connectivity index (χ1) is 18.3. The molecule has 6 heteroatoms. The van der Waals surface area contributed by atoms with Gasteiger partial charge in [0.25, 0.3) is 0 Å². The molecule has 4 aromatic carbocycles. The molecular formula is C32H26N6. The lowest BCUT2D eigenvalue weighted by Gasteiger charge is -2.21. The Labute approximate surface area is 219 Å². The van der Waals surface area contributed by atoms with E-state index in [1.807, 2.05) is 36.4 Å². The van der Waals surface area contributed by atoms with E-state index in [2.05, 4.69) is 70.6 Å². The predicted molar refractivity (Wildman–Crippen MR) is 153 cm³/mol. The summed E-state index contributed by atoms with van der Waals surface area (Å²) in [7, 11) is 0. The fourth-order valence-electron chi connectivity index (χ4n) is 6.35. The van der Waals surface area contributed by atoms with Crippen LogP contribution < -0.4 is 22.9 Å². The number of aromatic nitrogens is 2. The van der Waals surface area contributed by atoms with E-state index >= 15 is 0 Å². The molecule has 2 aliphatic carbocycles. The van der Waals surface area contributed by atoms with Crippen molar-refractivity contribution in [1.29, 1.82) is 0 Å². The van der Waals surface area contributed by atoms with E-state index in [0.717, 1.165) is 78.1 Å². The van der Waals surface area contributed by atoms with Crippen LogP contribution in [0, 0.1) is 0 Å². The van der Waals surface area contributed by atoms with Crippen LogP contribution in [-0.2, 0) is 11.3 Å². The highest BCUT2D eigenvalue weighted by Crippen LogP contribution is 2.46. The van der Waals surface area contributed by atoms with Gasteiger partial charge in [0.05, 0.1) is 11.0 Å². The highest BCUT2D eigenvalue weighted by Gasteiger charge is 2.38. The average molecular weight is 495 g/mol. The normalized spacial score (nSPS) is 15.8. The van der Waals surface area contributed by atoms with Gasteiger partial charge in [-0.2, -0.15) is 0 Å². The molecule has 10 N–H and O–H groups in total. The molecule has 184 valence electrons. The number of hydrogen-bond donors (Lipinski definition) is 6. The molecule has 0 atom stereocenters. The van der Waals surface area contributed by atoms with Crippen LogP contribution in [0.4, 0.5) is 0 Å². The molecular weight excluding hydrogens is 468 g/mol. The van der Waals surface area contributed by atoms with Crippen LogP contribution in [0.3, 0.4) is 0 Å². The second-order valence-electron chi connectivity index (χ2n) is 10.5. The SMILES string of the molecule is NC1(N)c2ccccc2-c2ccc(-c3cc4[nH]c(-c5ccc6c(c5)C(N)(N)c5ccccc5-6)cc4[nH]3)cc21. The second kappa shape index (κ2) is 7.10. The summed E-state index contributed by atoms with van der Waals surface area (Å²) in [4.78, 5) is 7.12. The highest BCUT2D eigenvalue weighted by atomic mass is 15.0. The number of H-pyrrole nitrogens is 2. The Bertz CT molecular complexity index is 1770. The second-order valence-corrected chi connectivity index (χ2v) is 10.5. The van der Waals surface area contributed by atoms with E-state index in [1.165, 1.54) is 0 Å². The Balaban J connectivity index is 1.16. The minimum absolute atomic E-state index is 0.932. The number of nitrogens with one attached hydrogen (secondary N) is 2. The van der Waals surface area contributed by atoms with Gasteiger partial charge in [-0.15, -0.1) is 0 Å². The molecule has 0 saturated carbocycles. The molecule has 0 spiro atoms. The molecule has 0 aliphatic heterocycles. The van der Waals surface area contributed by atoms with Gasteiger partial charge in [0, 0.05) is 11.4 Å². The third-order valence-electron chi connectivity index (χ3n) is 8.28. The summed E-state index contributed by atoms with van der Waals surface area (Å²) in [5.41, 5.74) is 38.7. The summed E-state index contributed by atoms with van der Waals surface area (Å²) in [5, 5.41) is 0. The molecule has 0 amide bonds. The maximum Gasteiger partial charge on any atom is 0.118 e. The summed E-state index contributed by atoms with van der Waals surface area (Å²) in [6.45, 7) is 0. The van der Waals surface area contributed by atoms with Gasteiger partial charge in [0.2, 0.25) is 0 Å². The van der Waals surface area contributed by atoms with Crippen molar-refractivity contribution in [1.82, 2.24) is 9.97 Å². The summed E-state index contributed by atoms with van der Waals surface area (Å²) in [5.74, 6) is 0. The third-order valence-corrected chi connectivity index (χ3v) is 8.28. The highest BCUT2D eigenvalue weighted by molar-refractivity contribution is 5.90. The van der Waals surface area contributed by atoms with Crippen LogP contribution in [0.2, 0.25) is 0 Å². The Morgan fingerprint density at radius 2 is 0.816 bits per heavy atom. The maximum atomic E-state index is 6.62. The van der Waals surface area contributed by atoms with Crippen LogP contribution in [0.15, 0.2) is 97.1 Å². The first kappa shape index (κ1) is 21.6. The van der Waals surface area contributed by atoms with Crippen LogP contribution in [0.25, 0.3) is 55.8 Å². The van der Waals surface area contributed by atoms with Gasteiger partial charge in [-0.25, -0.2) is 0 Å². The van der Waals surface area contributed by atoms with Crippen molar-refractivity contribution in [3.63, 3.8) is 0 Å². The zero-order chi connectivity index (χ0) is 25.8. The number of rotatable bonds is 2. The molecule has 6 aromatic rings. The summed E-state index contributed by atoms with van der Waals surface area (Å²) >= 11 is 0. The number of benzene rings is 4. The zero-order valence-corrected chi connectivity index (χ0v) is 20.5. The molecule has 0 saturated heterocycles. The van der Waals surface area contributed by atoms with Crippen molar-refractivity contribution in [3.8, 4) is 44.8 Å². The minimum atomic E-state index is -1.02. The van der Waals surface area contributed by atoms with E-state index in [9.17, 15) is 0 Å². The number of fused-ring (bicyclic) bond motifs is 7. The van der Waals surface area contributed by atoms with E-state index in [1.54, 1.807) is 0 Å². The van der Waals surface area contributed by atoms with E-state index < -0.39 is 11.3 Å². The molecule has 0 unspecified atom stereocenters. The van der Waals surface area contributed by atoms with E-state index in [0.29, 0.717) is 0 Å². The Hall–Kier alpha value is -4.46. The molecule has 2 heterocycles. The summed E-state index contributed by atoms with van der Waals surface area (Å²) in [6.07, 6.45) is 0. The van der Waals surface area contributed by atoms with Gasteiger partial charge in [0.15, 0.2) is 0 Å². The van der Waals surface area contributed by atoms with Crippen molar-refractivity contribution < 1.29 is 0 Å². The summed E-state index contributed by atoms with van der Waals surface area (Å²) in [6, 6.07) is 33.0. The molecule has 2 aromatic heterocycles. The monoisotopic (exact) mass is 494 g/mol. The van der Waals surface area contributed by atoms with Crippen LogP contribution in [-0.4, -0.2) is 9.97 Å². The van der Waals surface area contributed by atoms with E-state index in [-0.39, 0.29) is 0 Å². The zero-order valence-electron chi connectivity index (χ0n) is 20.5. The van der Waals surface area contributed by atoms with Crippen molar-refractivity contribution in [2.24, 2.45) is 22.9 Å². The minimum Gasteiger partial charge on any atom is -0.353 e. The number of hydrogen-bond acceptors (Lipinski definition) is 4. The van der Waals surface area contributed by atoms with Gasteiger partial charge in [0.1, 0.15) is 11.3 Å². The molecule has 0 bridgehead atoms. The lowest BCUT2D eigenvalue weighted by atomic mass is 9.97. The lowest BCUT2D eigenvalue weighted by Crippen LogP contribution is -2.45. The predicted octanol–water partition coefficient (Wildman–Crippen LogP) is 5.03. The van der Waals surface area contributed by atoms with Crippen LogP contribution in [0.5, 0.6) is 0 Å². The first-order valence-corrected chi connectivity index (χ1v) is 12.7. The molecule has 2 aliphatic rings. The molecule has 0 fully saturated rings. The van der Waals surface area contributed by atoms with Crippen LogP contribution in [0.1, 0.15) is 22.3 Å². The molecule has 6 nitrogen and oxygen atoms in total. The van der Waals surface area contributed by atoms with Gasteiger partial charge in [-0.05, 0) is 79.9 Å². The number of nitrogens with two attached hydrogens (primary N) is 4. The van der Waals surface area contributed by atoms with Gasteiger partial charge >= 0.3 is 0 Å². The van der Waals surface area contributed by atoms with Crippen molar-refractivity contribution >= 4 is 11.0 Å². The molecule has 38 heavy (non-hydrogen) atoms. The van der Waals surface area contributed by atoms with Crippen LogP contribution >= 0.6 is 0 Å². The van der Waals surface area contributed by atoms with Crippen molar-refractivity contribution in [2.75, 3.05) is 0 Å². The third kappa shape index (κ3) is 2.74. The van der Waals surface area contributed by atoms with Gasteiger partial charge in [-0.1, -0.05) is 72.8 Å². The molecule has 0 radical (unpaired) electrons. The lowest BCUT2D eigenvalue weighted by molar-refractivity contribution is 0.584. The van der Waals surface area contributed by atoms with Crippen molar-refractivity contribution in [2.45, 2.75) is 11.3 Å². The quantitative estimate of drug-likeness (QED) is 0.188. The Morgan fingerprint density at radius 3 is 1.26 bits per heavy atom. The Morgan fingerprint density at radius 1 is 0.421 bits per heavy atom. The Kier molecular flexibility index (Phi) is 4.04. The largest absolute Gasteiger partial charge is 0.353 e. The van der Waals surface area contributed by atoms with Gasteiger partial charge in [-0.3, -0.25) is 0 Å². The maximum absolute atomic E-state index is 6.62. The van der Waals surface area contributed by atoms with E-state index in [4.69, 9.17) is 22.9 Å². The van der Waals surface area contributed by atoms with Crippen molar-refractivity contribution in [3.05, 3.63) is 119 Å². The number of aromatic amines is 2. The first-order valence-electron chi connectivity index (χ1n) is 12.7. The summed E-state index contributed by atoms with van der Waals surface area (Å²) < 4.78 is 0. The standard InChI is InChI=1S/C32H26N6/c33-31(34)23-7-3-1-5-19(23)21-11-9-17(13-25(21)31)27-15-29-30(37-27)16-28(38-29)18-10-12-22-20-6-2-4-8-24(20)32(35,36)26(22)14-18/h1-16,37-38H,33-36H2. The fraction of sp³-hybridized carbons (Fsp3) is 0.0625. The van der Waals surface area contributed by atoms with Gasteiger partial charge < -0.3 is 32.9 Å². The fourth-order valence-corrected chi connectivity index (χ4v) is 6.35. The topological polar surface area (TPSA) is 136 Å².